The van der Waals surface area contributed by atoms with Gasteiger partial charge in [-0.2, -0.15) is 0 Å². The standard InChI is InChI=1S/C34H50O10/c1-19-11-13-25-21(27(35)37-29-33(25)23(19)15-17-31(3,39-29)41-43-33)9-7-5-6-8-10-22-26-14-12-20(2)24-16-18-32(4)40-30(38-28(22)36)34(24,26)44-42-32/h19-26,29-30H,5-18H2,1-4H3/t19-,20-,21+,22+,23+,24+,25+,26+,29-,30-,31-,32-,33-,34-/m1/s1. The first kappa shape index (κ1) is 30.1. The fraction of sp³-hybridized carbons (Fsp3) is 0.941. The third-order valence-corrected chi connectivity index (χ3v) is 13.4. The molecule has 44 heavy (non-hydrogen) atoms. The van der Waals surface area contributed by atoms with Gasteiger partial charge in [-0.15, -0.1) is 0 Å². The molecule has 2 saturated carbocycles. The number of carbonyl (C=O) groups excluding carboxylic acids is 2. The van der Waals surface area contributed by atoms with E-state index in [-0.39, 0.29) is 47.4 Å². The molecule has 2 aliphatic carbocycles. The first-order chi connectivity index (χ1) is 21.1. The van der Waals surface area contributed by atoms with Gasteiger partial charge in [0.15, 0.2) is 11.2 Å². The van der Waals surface area contributed by atoms with Gasteiger partial charge in [0.2, 0.25) is 24.2 Å². The summed E-state index contributed by atoms with van der Waals surface area (Å²) in [6.07, 6.45) is 11.3. The lowest BCUT2D eigenvalue weighted by Gasteiger charge is -2.58. The van der Waals surface area contributed by atoms with E-state index in [1.54, 1.807) is 0 Å². The quantitative estimate of drug-likeness (QED) is 0.189. The van der Waals surface area contributed by atoms with Crippen LogP contribution >= 0.6 is 0 Å². The van der Waals surface area contributed by atoms with Crippen LogP contribution in [0.4, 0.5) is 0 Å². The lowest BCUT2D eigenvalue weighted by atomic mass is 9.57. The normalized spacial score (nSPS) is 54.0. The molecule has 0 radical (unpaired) electrons. The van der Waals surface area contributed by atoms with Crippen LogP contribution in [0, 0.1) is 47.3 Å². The largest absolute Gasteiger partial charge is 0.432 e. The van der Waals surface area contributed by atoms with Crippen LogP contribution in [0.25, 0.3) is 0 Å². The molecule has 10 aliphatic rings. The summed E-state index contributed by atoms with van der Waals surface area (Å²) in [6.45, 7) is 8.33. The summed E-state index contributed by atoms with van der Waals surface area (Å²) in [4.78, 5) is 51.0. The van der Waals surface area contributed by atoms with Crippen LogP contribution in [-0.4, -0.2) is 47.3 Å². The minimum atomic E-state index is -0.868. The smallest absolute Gasteiger partial charge is 0.311 e. The summed E-state index contributed by atoms with van der Waals surface area (Å²) in [5.74, 6) is -1.01. The van der Waals surface area contributed by atoms with E-state index in [4.69, 9.17) is 38.5 Å². The molecule has 2 spiro atoms. The van der Waals surface area contributed by atoms with Gasteiger partial charge in [0.05, 0.1) is 11.8 Å². The van der Waals surface area contributed by atoms with Crippen molar-refractivity contribution in [2.75, 3.05) is 0 Å². The fourth-order valence-corrected chi connectivity index (χ4v) is 11.0. The number of fused-ring (bicyclic) bond motifs is 4. The molecule has 10 heteroatoms. The molecule has 10 rings (SSSR count). The van der Waals surface area contributed by atoms with Crippen LogP contribution in [0.15, 0.2) is 0 Å². The summed E-state index contributed by atoms with van der Waals surface area (Å²) in [7, 11) is 0. The van der Waals surface area contributed by atoms with E-state index in [0.29, 0.717) is 11.8 Å². The van der Waals surface area contributed by atoms with Crippen molar-refractivity contribution in [2.24, 2.45) is 47.3 Å². The Labute approximate surface area is 260 Å². The number of carbonyl (C=O) groups is 2. The van der Waals surface area contributed by atoms with E-state index < -0.39 is 35.4 Å². The highest BCUT2D eigenvalue weighted by molar-refractivity contribution is 5.75. The number of hydrogen-bond donors (Lipinski definition) is 0. The molecule has 246 valence electrons. The second-order valence-electron chi connectivity index (χ2n) is 15.9. The maximum Gasteiger partial charge on any atom is 0.311 e. The van der Waals surface area contributed by atoms with Crippen molar-refractivity contribution in [3.8, 4) is 0 Å². The molecule has 10 fully saturated rings. The zero-order valence-electron chi connectivity index (χ0n) is 26.8. The molecule has 0 amide bonds. The number of ether oxygens (including phenoxy) is 4. The number of hydrogen-bond acceptors (Lipinski definition) is 10. The third kappa shape index (κ3) is 4.33. The maximum absolute atomic E-state index is 13.3. The van der Waals surface area contributed by atoms with Crippen LogP contribution in [0.1, 0.15) is 118 Å². The third-order valence-electron chi connectivity index (χ3n) is 13.4. The molecule has 10 nitrogen and oxygen atoms in total. The molecular weight excluding hydrogens is 568 g/mol. The molecule has 0 aromatic carbocycles. The van der Waals surface area contributed by atoms with Gasteiger partial charge in [-0.05, 0) is 77.0 Å². The predicted molar refractivity (Wildman–Crippen MR) is 152 cm³/mol. The Morgan fingerprint density at radius 1 is 0.568 bits per heavy atom. The molecule has 8 aliphatic heterocycles. The number of rotatable bonds is 7. The zero-order valence-corrected chi connectivity index (χ0v) is 26.8. The summed E-state index contributed by atoms with van der Waals surface area (Å²) >= 11 is 0. The van der Waals surface area contributed by atoms with E-state index in [1.165, 1.54) is 0 Å². The van der Waals surface area contributed by atoms with Gasteiger partial charge in [-0.1, -0.05) is 39.5 Å². The first-order valence-electron chi connectivity index (χ1n) is 17.6. The monoisotopic (exact) mass is 618 g/mol. The van der Waals surface area contributed by atoms with Crippen molar-refractivity contribution < 1.29 is 48.1 Å². The Hall–Kier alpha value is -1.30. The van der Waals surface area contributed by atoms with Crippen molar-refractivity contribution >= 4 is 11.9 Å². The molecule has 0 N–H and O–H groups in total. The van der Waals surface area contributed by atoms with E-state index in [2.05, 4.69) is 13.8 Å². The molecule has 8 heterocycles. The van der Waals surface area contributed by atoms with Gasteiger partial charge in [0, 0.05) is 36.5 Å². The molecular formula is C34H50O10. The summed E-state index contributed by atoms with van der Waals surface area (Å²) in [6, 6.07) is 0. The molecule has 0 unspecified atom stereocenters. The van der Waals surface area contributed by atoms with Gasteiger partial charge in [-0.25, -0.2) is 19.6 Å². The van der Waals surface area contributed by atoms with E-state index in [1.807, 2.05) is 13.8 Å². The Balaban J connectivity index is 0.891. The lowest BCUT2D eigenvalue weighted by Crippen LogP contribution is -2.70. The predicted octanol–water partition coefficient (Wildman–Crippen LogP) is 6.10. The Bertz CT molecular complexity index is 1070. The molecule has 0 aromatic heterocycles. The minimum Gasteiger partial charge on any atom is -0.432 e. The lowest BCUT2D eigenvalue weighted by molar-refractivity contribution is -0.559. The van der Waals surface area contributed by atoms with Crippen LogP contribution in [-0.2, 0) is 48.1 Å². The topological polar surface area (TPSA) is 108 Å². The van der Waals surface area contributed by atoms with Gasteiger partial charge < -0.3 is 18.9 Å². The highest BCUT2D eigenvalue weighted by atomic mass is 17.3. The van der Waals surface area contributed by atoms with Gasteiger partial charge in [0.25, 0.3) is 0 Å². The van der Waals surface area contributed by atoms with Crippen LogP contribution < -0.4 is 0 Å². The van der Waals surface area contributed by atoms with Crippen molar-refractivity contribution in [2.45, 2.75) is 153 Å². The minimum absolute atomic E-state index is 0.0322. The second-order valence-corrected chi connectivity index (χ2v) is 15.9. The van der Waals surface area contributed by atoms with Crippen LogP contribution in [0.3, 0.4) is 0 Å². The average molecular weight is 619 g/mol. The van der Waals surface area contributed by atoms with Crippen molar-refractivity contribution in [3.63, 3.8) is 0 Å². The van der Waals surface area contributed by atoms with E-state index in [0.717, 1.165) is 89.9 Å². The molecule has 0 aromatic rings. The average Bonchev–Trinajstić information content (AvgIpc) is 3.36. The summed E-state index contributed by atoms with van der Waals surface area (Å²) < 4.78 is 24.5. The zero-order chi connectivity index (χ0) is 30.5. The molecule has 4 bridgehead atoms. The van der Waals surface area contributed by atoms with Crippen LogP contribution in [0.5, 0.6) is 0 Å². The Kier molecular flexibility index (Phi) is 7.25. The Morgan fingerprint density at radius 3 is 1.43 bits per heavy atom. The van der Waals surface area contributed by atoms with Crippen molar-refractivity contribution in [3.05, 3.63) is 0 Å². The highest BCUT2D eigenvalue weighted by Gasteiger charge is 2.72. The number of unbranched alkanes of at least 4 members (excludes halogenated alkanes) is 3. The fourth-order valence-electron chi connectivity index (χ4n) is 11.0. The Morgan fingerprint density at radius 2 is 1.00 bits per heavy atom. The number of esters is 2. The van der Waals surface area contributed by atoms with Crippen LogP contribution in [0.2, 0.25) is 0 Å². The van der Waals surface area contributed by atoms with Gasteiger partial charge >= 0.3 is 11.9 Å². The first-order valence-corrected chi connectivity index (χ1v) is 17.6. The molecule has 14 atom stereocenters. The second kappa shape index (κ2) is 10.6. The van der Waals surface area contributed by atoms with Gasteiger partial charge in [0.1, 0.15) is 0 Å². The maximum atomic E-state index is 13.3. The van der Waals surface area contributed by atoms with Crippen molar-refractivity contribution in [1.82, 2.24) is 0 Å². The molecule has 8 saturated heterocycles. The van der Waals surface area contributed by atoms with E-state index in [9.17, 15) is 9.59 Å². The summed E-state index contributed by atoms with van der Waals surface area (Å²) in [5, 5.41) is 0. The van der Waals surface area contributed by atoms with Gasteiger partial charge in [-0.3, -0.25) is 9.59 Å². The summed E-state index contributed by atoms with van der Waals surface area (Å²) in [5.41, 5.74) is -1.44. The highest BCUT2D eigenvalue weighted by Crippen LogP contribution is 2.62. The van der Waals surface area contributed by atoms with E-state index >= 15 is 0 Å². The SMILES string of the molecule is C[C@@H]1CC[C@H]2[C@H](CCCCCC[C@@H]3C(=O)O[C@@H]4O[C@@]5(C)CC[C@H]6[C@H](C)CC[C@@H]3[C@@]46OO5)C(=O)O[C@@H]3O[C@@]4(C)CC[C@@H]1[C@]32OO4. The van der Waals surface area contributed by atoms with Crippen molar-refractivity contribution in [1.29, 1.82) is 0 Å².